The molecule has 0 unspecified atom stereocenters. The van der Waals surface area contributed by atoms with Crippen LogP contribution in [-0.4, -0.2) is 30.1 Å². The van der Waals surface area contributed by atoms with Crippen molar-refractivity contribution in [1.82, 2.24) is 5.32 Å². The first-order chi connectivity index (χ1) is 9.61. The highest BCUT2D eigenvalue weighted by Gasteiger charge is 2.19. The summed E-state index contributed by atoms with van der Waals surface area (Å²) in [6.45, 7) is 0. The van der Waals surface area contributed by atoms with Gasteiger partial charge in [0, 0.05) is 11.6 Å². The van der Waals surface area contributed by atoms with Crippen LogP contribution in [0, 0.1) is 0 Å². The second-order valence-electron chi connectivity index (χ2n) is 5.03. The average Bonchev–Trinajstić information content (AvgIpc) is 2.48. The van der Waals surface area contributed by atoms with Gasteiger partial charge < -0.3 is 15.2 Å². The monoisotopic (exact) mass is 277 g/mol. The van der Waals surface area contributed by atoms with Crippen LogP contribution in [0.1, 0.15) is 52.8 Å². The van der Waals surface area contributed by atoms with Gasteiger partial charge in [-0.2, -0.15) is 0 Å². The standard InChI is InChI=1S/C15H19NO4/c1-20-15(19)12-9-10(7-8-13(12)17)14(18)16-11-5-3-2-4-6-11/h7-9,11,17H,2-6H2,1H3,(H,16,18). The largest absolute Gasteiger partial charge is 0.507 e. The molecule has 1 fully saturated rings. The van der Waals surface area contributed by atoms with Crippen LogP contribution in [0.3, 0.4) is 0 Å². The van der Waals surface area contributed by atoms with Crippen LogP contribution >= 0.6 is 0 Å². The van der Waals surface area contributed by atoms with E-state index in [0.717, 1.165) is 25.7 Å². The van der Waals surface area contributed by atoms with Gasteiger partial charge in [0.25, 0.3) is 5.91 Å². The number of phenols is 1. The van der Waals surface area contributed by atoms with E-state index in [1.807, 2.05) is 0 Å². The highest BCUT2D eigenvalue weighted by Crippen LogP contribution is 2.21. The molecule has 1 aliphatic rings. The van der Waals surface area contributed by atoms with Crippen molar-refractivity contribution in [2.75, 3.05) is 7.11 Å². The highest BCUT2D eigenvalue weighted by atomic mass is 16.5. The van der Waals surface area contributed by atoms with Crippen molar-refractivity contribution in [2.45, 2.75) is 38.1 Å². The van der Waals surface area contributed by atoms with Crippen molar-refractivity contribution in [3.63, 3.8) is 0 Å². The predicted molar refractivity (Wildman–Crippen MR) is 73.8 cm³/mol. The molecule has 20 heavy (non-hydrogen) atoms. The van der Waals surface area contributed by atoms with Crippen molar-refractivity contribution < 1.29 is 19.4 Å². The summed E-state index contributed by atoms with van der Waals surface area (Å²) in [5.74, 6) is -1.07. The van der Waals surface area contributed by atoms with Gasteiger partial charge in [0.1, 0.15) is 11.3 Å². The molecule has 1 amide bonds. The number of hydrogen-bond donors (Lipinski definition) is 2. The lowest BCUT2D eigenvalue weighted by atomic mass is 9.95. The Labute approximate surface area is 117 Å². The van der Waals surface area contributed by atoms with Crippen molar-refractivity contribution >= 4 is 11.9 Å². The maximum absolute atomic E-state index is 12.1. The fourth-order valence-electron chi connectivity index (χ4n) is 2.47. The first-order valence-corrected chi connectivity index (χ1v) is 6.84. The van der Waals surface area contributed by atoms with Crippen molar-refractivity contribution in [1.29, 1.82) is 0 Å². The maximum Gasteiger partial charge on any atom is 0.341 e. The summed E-state index contributed by atoms with van der Waals surface area (Å²) in [4.78, 5) is 23.6. The molecular formula is C15H19NO4. The Morgan fingerprint density at radius 3 is 2.60 bits per heavy atom. The molecular weight excluding hydrogens is 258 g/mol. The van der Waals surface area contributed by atoms with Gasteiger partial charge in [-0.1, -0.05) is 19.3 Å². The van der Waals surface area contributed by atoms with Crippen LogP contribution in [0.2, 0.25) is 0 Å². The fraction of sp³-hybridized carbons (Fsp3) is 0.467. The number of carbonyl (C=O) groups excluding carboxylic acids is 2. The Morgan fingerprint density at radius 1 is 1.25 bits per heavy atom. The molecule has 0 saturated heterocycles. The average molecular weight is 277 g/mol. The van der Waals surface area contributed by atoms with Crippen LogP contribution in [0.25, 0.3) is 0 Å². The normalized spacial score (nSPS) is 15.7. The Kier molecular flexibility index (Phi) is 4.61. The van der Waals surface area contributed by atoms with Crippen LogP contribution < -0.4 is 5.32 Å². The number of aromatic hydroxyl groups is 1. The van der Waals surface area contributed by atoms with Gasteiger partial charge in [-0.3, -0.25) is 4.79 Å². The summed E-state index contributed by atoms with van der Waals surface area (Å²) in [5, 5.41) is 12.6. The molecule has 0 aromatic heterocycles. The lowest BCUT2D eigenvalue weighted by molar-refractivity contribution is 0.0597. The van der Waals surface area contributed by atoms with E-state index in [2.05, 4.69) is 10.1 Å². The fourth-order valence-corrected chi connectivity index (χ4v) is 2.47. The first-order valence-electron chi connectivity index (χ1n) is 6.84. The van der Waals surface area contributed by atoms with Crippen molar-refractivity contribution in [2.24, 2.45) is 0 Å². The zero-order valence-electron chi connectivity index (χ0n) is 11.5. The predicted octanol–water partition coefficient (Wildman–Crippen LogP) is 2.24. The van der Waals surface area contributed by atoms with E-state index in [0.29, 0.717) is 5.56 Å². The number of amides is 1. The number of rotatable bonds is 3. The number of methoxy groups -OCH3 is 1. The molecule has 2 N–H and O–H groups in total. The third kappa shape index (κ3) is 3.29. The van der Waals surface area contributed by atoms with Gasteiger partial charge in [0.2, 0.25) is 0 Å². The Hall–Kier alpha value is -2.04. The SMILES string of the molecule is COC(=O)c1cc(C(=O)NC2CCCCC2)ccc1O. The molecule has 2 rings (SSSR count). The third-order valence-electron chi connectivity index (χ3n) is 3.60. The topological polar surface area (TPSA) is 75.6 Å². The summed E-state index contributed by atoms with van der Waals surface area (Å²) >= 11 is 0. The first kappa shape index (κ1) is 14.4. The minimum atomic E-state index is -0.658. The molecule has 0 atom stereocenters. The van der Waals surface area contributed by atoms with E-state index in [1.54, 1.807) is 0 Å². The molecule has 0 heterocycles. The van der Waals surface area contributed by atoms with Crippen molar-refractivity contribution in [3.8, 4) is 5.75 Å². The molecule has 108 valence electrons. The summed E-state index contributed by atoms with van der Waals surface area (Å²) in [5.41, 5.74) is 0.359. The Balaban J connectivity index is 2.11. The molecule has 0 radical (unpaired) electrons. The van der Waals surface area contributed by atoms with Gasteiger partial charge >= 0.3 is 5.97 Å². The van der Waals surface area contributed by atoms with Gasteiger partial charge in [-0.15, -0.1) is 0 Å². The molecule has 1 aromatic rings. The molecule has 0 bridgehead atoms. The number of esters is 1. The summed E-state index contributed by atoms with van der Waals surface area (Å²) in [7, 11) is 1.23. The smallest absolute Gasteiger partial charge is 0.341 e. The lowest BCUT2D eigenvalue weighted by Gasteiger charge is -2.22. The Bertz CT molecular complexity index is 507. The zero-order chi connectivity index (χ0) is 14.5. The van der Waals surface area contributed by atoms with E-state index in [-0.39, 0.29) is 23.3 Å². The van der Waals surface area contributed by atoms with Crippen LogP contribution in [-0.2, 0) is 4.74 Å². The van der Waals surface area contributed by atoms with Gasteiger partial charge in [0.05, 0.1) is 7.11 Å². The second kappa shape index (κ2) is 6.41. The molecule has 5 nitrogen and oxygen atoms in total. The second-order valence-corrected chi connectivity index (χ2v) is 5.03. The van der Waals surface area contributed by atoms with Crippen LogP contribution in [0.15, 0.2) is 18.2 Å². The van der Waals surface area contributed by atoms with E-state index >= 15 is 0 Å². The Morgan fingerprint density at radius 2 is 1.95 bits per heavy atom. The summed E-state index contributed by atoms with van der Waals surface area (Å²) < 4.78 is 4.57. The van der Waals surface area contributed by atoms with Gasteiger partial charge in [-0.25, -0.2) is 4.79 Å². The molecule has 5 heteroatoms. The number of benzene rings is 1. The highest BCUT2D eigenvalue weighted by molar-refractivity contribution is 5.99. The quantitative estimate of drug-likeness (QED) is 0.831. The molecule has 1 aromatic carbocycles. The van der Waals surface area contributed by atoms with Crippen molar-refractivity contribution in [3.05, 3.63) is 29.3 Å². The molecule has 0 aliphatic heterocycles. The van der Waals surface area contributed by atoms with Crippen LogP contribution in [0.5, 0.6) is 5.75 Å². The lowest BCUT2D eigenvalue weighted by Crippen LogP contribution is -2.36. The van der Waals surface area contributed by atoms with Gasteiger partial charge in [-0.05, 0) is 31.0 Å². The molecule has 1 saturated carbocycles. The van der Waals surface area contributed by atoms with E-state index < -0.39 is 5.97 Å². The maximum atomic E-state index is 12.1. The summed E-state index contributed by atoms with van der Waals surface area (Å²) in [6.07, 6.45) is 5.47. The number of carbonyl (C=O) groups is 2. The molecule has 0 spiro atoms. The minimum absolute atomic E-state index is 0.00351. The number of nitrogens with one attached hydrogen (secondary N) is 1. The number of hydrogen-bond acceptors (Lipinski definition) is 4. The van der Waals surface area contributed by atoms with Gasteiger partial charge in [0.15, 0.2) is 0 Å². The molecule has 1 aliphatic carbocycles. The van der Waals surface area contributed by atoms with E-state index in [4.69, 9.17) is 0 Å². The minimum Gasteiger partial charge on any atom is -0.507 e. The summed E-state index contributed by atoms with van der Waals surface area (Å²) in [6, 6.07) is 4.40. The number of ether oxygens (including phenoxy) is 1. The van der Waals surface area contributed by atoms with Crippen LogP contribution in [0.4, 0.5) is 0 Å². The van der Waals surface area contributed by atoms with E-state index in [1.165, 1.54) is 31.7 Å². The third-order valence-corrected chi connectivity index (χ3v) is 3.60. The number of phenolic OH excluding ortho intramolecular Hbond substituents is 1. The zero-order valence-corrected chi connectivity index (χ0v) is 11.5. The van der Waals surface area contributed by atoms with E-state index in [9.17, 15) is 14.7 Å².